The number of nitrogens with zero attached hydrogens (tertiary/aromatic N) is 1. The number of para-hydroxylation sites is 1. The standard InChI is InChI=1S/C14H22N2O3/c1-10(2)15-8-12(17)9-19-14-7-5-4-6-13(14)11(3)16-18/h4-7,10,12,15,17-18H,8-9H2,1-3H3. The number of rotatable bonds is 7. The summed E-state index contributed by atoms with van der Waals surface area (Å²) in [5.41, 5.74) is 1.19. The molecule has 19 heavy (non-hydrogen) atoms. The first kappa shape index (κ1) is 15.5. The average molecular weight is 266 g/mol. The molecule has 0 aliphatic carbocycles. The Morgan fingerprint density at radius 3 is 2.68 bits per heavy atom. The zero-order chi connectivity index (χ0) is 14.3. The van der Waals surface area contributed by atoms with Crippen molar-refractivity contribution < 1.29 is 15.1 Å². The molecule has 0 saturated heterocycles. The maximum absolute atomic E-state index is 9.78. The lowest BCUT2D eigenvalue weighted by Gasteiger charge is -2.16. The third-order valence-electron chi connectivity index (χ3n) is 2.62. The minimum Gasteiger partial charge on any atom is -0.490 e. The van der Waals surface area contributed by atoms with Crippen molar-refractivity contribution in [1.29, 1.82) is 0 Å². The largest absolute Gasteiger partial charge is 0.490 e. The van der Waals surface area contributed by atoms with Crippen molar-refractivity contribution in [1.82, 2.24) is 5.32 Å². The predicted molar refractivity (Wildman–Crippen MR) is 75.1 cm³/mol. The van der Waals surface area contributed by atoms with Gasteiger partial charge in [-0.15, -0.1) is 0 Å². The number of ether oxygens (including phenoxy) is 1. The molecule has 3 N–H and O–H groups in total. The van der Waals surface area contributed by atoms with E-state index in [1.54, 1.807) is 13.0 Å². The fraction of sp³-hybridized carbons (Fsp3) is 0.500. The summed E-state index contributed by atoms with van der Waals surface area (Å²) < 4.78 is 5.57. The van der Waals surface area contributed by atoms with Crippen LogP contribution in [0, 0.1) is 0 Å². The Morgan fingerprint density at radius 1 is 1.37 bits per heavy atom. The molecule has 1 rings (SSSR count). The molecule has 0 fully saturated rings. The van der Waals surface area contributed by atoms with Crippen molar-refractivity contribution in [2.45, 2.75) is 32.9 Å². The van der Waals surface area contributed by atoms with E-state index in [9.17, 15) is 5.11 Å². The Hall–Kier alpha value is -1.59. The molecule has 0 radical (unpaired) electrons. The summed E-state index contributed by atoms with van der Waals surface area (Å²) in [5.74, 6) is 0.599. The molecule has 1 aromatic carbocycles. The molecular formula is C14H22N2O3. The Morgan fingerprint density at radius 2 is 2.05 bits per heavy atom. The van der Waals surface area contributed by atoms with Crippen molar-refractivity contribution in [2.75, 3.05) is 13.2 Å². The van der Waals surface area contributed by atoms with Crippen LogP contribution in [0.1, 0.15) is 26.3 Å². The van der Waals surface area contributed by atoms with Gasteiger partial charge in [0.25, 0.3) is 0 Å². The van der Waals surface area contributed by atoms with Crippen LogP contribution in [-0.2, 0) is 0 Å². The van der Waals surface area contributed by atoms with Gasteiger partial charge in [0, 0.05) is 18.2 Å². The van der Waals surface area contributed by atoms with Gasteiger partial charge in [0.15, 0.2) is 0 Å². The first-order chi connectivity index (χ1) is 9.04. The zero-order valence-corrected chi connectivity index (χ0v) is 11.6. The zero-order valence-electron chi connectivity index (χ0n) is 11.6. The lowest BCUT2D eigenvalue weighted by Crippen LogP contribution is -2.35. The second kappa shape index (κ2) is 7.76. The van der Waals surface area contributed by atoms with Gasteiger partial charge in [-0.25, -0.2) is 0 Å². The second-order valence-electron chi connectivity index (χ2n) is 4.71. The van der Waals surface area contributed by atoms with E-state index in [1.807, 2.05) is 32.0 Å². The van der Waals surface area contributed by atoms with Crippen molar-refractivity contribution in [3.05, 3.63) is 29.8 Å². The van der Waals surface area contributed by atoms with Crippen LogP contribution in [-0.4, -0.2) is 41.3 Å². The molecule has 0 amide bonds. The molecule has 1 aromatic rings. The van der Waals surface area contributed by atoms with Crippen molar-refractivity contribution in [2.24, 2.45) is 5.16 Å². The minimum atomic E-state index is -0.582. The van der Waals surface area contributed by atoms with E-state index < -0.39 is 6.10 Å². The smallest absolute Gasteiger partial charge is 0.128 e. The van der Waals surface area contributed by atoms with Gasteiger partial charge in [-0.3, -0.25) is 0 Å². The molecule has 0 aliphatic rings. The van der Waals surface area contributed by atoms with Gasteiger partial charge in [-0.2, -0.15) is 0 Å². The molecule has 5 heteroatoms. The van der Waals surface area contributed by atoms with Crippen LogP contribution in [0.3, 0.4) is 0 Å². The lowest BCUT2D eigenvalue weighted by atomic mass is 10.1. The highest BCUT2D eigenvalue weighted by Crippen LogP contribution is 2.18. The SMILES string of the molecule is CC(=NO)c1ccccc1OCC(O)CNC(C)C. The average Bonchev–Trinajstić information content (AvgIpc) is 2.42. The molecule has 0 heterocycles. The number of benzene rings is 1. The summed E-state index contributed by atoms with van der Waals surface area (Å²) in [6, 6.07) is 7.59. The molecule has 0 aromatic heterocycles. The van der Waals surface area contributed by atoms with Crippen LogP contribution in [0.4, 0.5) is 0 Å². The van der Waals surface area contributed by atoms with Gasteiger partial charge in [-0.05, 0) is 19.1 Å². The number of nitrogens with one attached hydrogen (secondary N) is 1. The monoisotopic (exact) mass is 266 g/mol. The Labute approximate surface area is 113 Å². The summed E-state index contributed by atoms with van der Waals surface area (Å²) in [6.45, 7) is 6.40. The maximum Gasteiger partial charge on any atom is 0.128 e. The highest BCUT2D eigenvalue weighted by Gasteiger charge is 2.10. The van der Waals surface area contributed by atoms with Gasteiger partial charge in [0.2, 0.25) is 0 Å². The molecule has 1 unspecified atom stereocenters. The lowest BCUT2D eigenvalue weighted by molar-refractivity contribution is 0.104. The maximum atomic E-state index is 9.78. The van der Waals surface area contributed by atoms with Crippen LogP contribution < -0.4 is 10.1 Å². The topological polar surface area (TPSA) is 74.1 Å². The van der Waals surface area contributed by atoms with Crippen molar-refractivity contribution >= 4 is 5.71 Å². The summed E-state index contributed by atoms with van der Waals surface area (Å²) in [5, 5.41) is 24.9. The molecule has 106 valence electrons. The van der Waals surface area contributed by atoms with E-state index in [0.29, 0.717) is 29.6 Å². The molecule has 5 nitrogen and oxygen atoms in total. The van der Waals surface area contributed by atoms with Gasteiger partial charge < -0.3 is 20.4 Å². The second-order valence-corrected chi connectivity index (χ2v) is 4.71. The highest BCUT2D eigenvalue weighted by atomic mass is 16.5. The van der Waals surface area contributed by atoms with Crippen LogP contribution in [0.15, 0.2) is 29.4 Å². The van der Waals surface area contributed by atoms with Crippen molar-refractivity contribution in [3.63, 3.8) is 0 Å². The molecule has 0 spiro atoms. The third kappa shape index (κ3) is 5.28. The van der Waals surface area contributed by atoms with Crippen LogP contribution >= 0.6 is 0 Å². The van der Waals surface area contributed by atoms with E-state index >= 15 is 0 Å². The van der Waals surface area contributed by atoms with E-state index in [1.165, 1.54) is 0 Å². The fourth-order valence-corrected chi connectivity index (χ4v) is 1.56. The predicted octanol–water partition coefficient (Wildman–Crippen LogP) is 1.62. The fourth-order valence-electron chi connectivity index (χ4n) is 1.56. The normalized spacial score (nSPS) is 13.6. The van der Waals surface area contributed by atoms with Gasteiger partial charge in [0.05, 0.1) is 5.71 Å². The van der Waals surface area contributed by atoms with E-state index in [0.717, 1.165) is 0 Å². The molecule has 0 saturated carbocycles. The molecular weight excluding hydrogens is 244 g/mol. The van der Waals surface area contributed by atoms with Gasteiger partial charge in [-0.1, -0.05) is 31.1 Å². The van der Waals surface area contributed by atoms with Crippen LogP contribution in [0.5, 0.6) is 5.75 Å². The highest BCUT2D eigenvalue weighted by molar-refractivity contribution is 6.00. The first-order valence-corrected chi connectivity index (χ1v) is 6.37. The minimum absolute atomic E-state index is 0.190. The number of oxime groups is 1. The number of hydrogen-bond donors (Lipinski definition) is 3. The quantitative estimate of drug-likeness (QED) is 0.398. The van der Waals surface area contributed by atoms with Crippen molar-refractivity contribution in [3.8, 4) is 5.75 Å². The summed E-state index contributed by atoms with van der Waals surface area (Å²) >= 11 is 0. The number of aliphatic hydroxyl groups is 1. The molecule has 0 aliphatic heterocycles. The number of aliphatic hydroxyl groups excluding tert-OH is 1. The van der Waals surface area contributed by atoms with E-state index in [4.69, 9.17) is 9.94 Å². The van der Waals surface area contributed by atoms with E-state index in [2.05, 4.69) is 10.5 Å². The summed E-state index contributed by atoms with van der Waals surface area (Å²) in [6.07, 6.45) is -0.582. The van der Waals surface area contributed by atoms with Gasteiger partial charge in [0.1, 0.15) is 18.5 Å². The van der Waals surface area contributed by atoms with E-state index in [-0.39, 0.29) is 6.61 Å². The van der Waals surface area contributed by atoms with Crippen LogP contribution in [0.25, 0.3) is 0 Å². The Bertz CT molecular complexity index is 419. The Balaban J connectivity index is 2.58. The number of hydrogen-bond acceptors (Lipinski definition) is 5. The first-order valence-electron chi connectivity index (χ1n) is 6.37. The van der Waals surface area contributed by atoms with Crippen LogP contribution in [0.2, 0.25) is 0 Å². The Kier molecular flexibility index (Phi) is 6.32. The summed E-state index contributed by atoms with van der Waals surface area (Å²) in [4.78, 5) is 0. The van der Waals surface area contributed by atoms with Gasteiger partial charge >= 0.3 is 0 Å². The molecule has 0 bridgehead atoms. The third-order valence-corrected chi connectivity index (χ3v) is 2.62. The molecule has 1 atom stereocenters. The summed E-state index contributed by atoms with van der Waals surface area (Å²) in [7, 11) is 0.